The molecule has 0 amide bonds. The third-order valence-corrected chi connectivity index (χ3v) is 5.70. The molecule has 0 spiro atoms. The number of fused-ring (bicyclic) bond motifs is 1. The molecule has 1 aromatic heterocycles. The Kier molecular flexibility index (Phi) is 4.61. The van der Waals surface area contributed by atoms with Crippen molar-refractivity contribution in [1.29, 1.82) is 0 Å². The molecule has 4 N–H and O–H groups in total. The maximum absolute atomic E-state index is 13.3. The van der Waals surface area contributed by atoms with E-state index in [-0.39, 0.29) is 16.0 Å². The van der Waals surface area contributed by atoms with Crippen molar-refractivity contribution in [3.63, 3.8) is 0 Å². The fourth-order valence-electron chi connectivity index (χ4n) is 4.41. The number of aromatic amines is 1. The molecule has 7 nitrogen and oxygen atoms in total. The summed E-state index contributed by atoms with van der Waals surface area (Å²) in [7, 11) is 3.18. The van der Waals surface area contributed by atoms with Crippen molar-refractivity contribution in [2.75, 3.05) is 25.3 Å². The number of allylic oxidation sites excluding steroid dienone is 2. The zero-order chi connectivity index (χ0) is 20.9. The molecular formula is C21H24N4O3S. The minimum absolute atomic E-state index is 0.0890. The Balaban J connectivity index is 2.04. The van der Waals surface area contributed by atoms with Crippen LogP contribution in [0.4, 0.5) is 11.6 Å². The quantitative estimate of drug-likeness (QED) is 0.656. The normalized spacial score (nSPS) is 19.9. The molecule has 8 heteroatoms. The van der Waals surface area contributed by atoms with Crippen molar-refractivity contribution in [3.8, 4) is 11.5 Å². The van der Waals surface area contributed by atoms with Gasteiger partial charge in [-0.2, -0.15) is 0 Å². The highest BCUT2D eigenvalue weighted by atomic mass is 32.1. The van der Waals surface area contributed by atoms with Crippen LogP contribution in [0.3, 0.4) is 0 Å². The summed E-state index contributed by atoms with van der Waals surface area (Å²) in [6.45, 7) is 4.18. The van der Waals surface area contributed by atoms with Crippen LogP contribution in [-0.4, -0.2) is 30.0 Å². The summed E-state index contributed by atoms with van der Waals surface area (Å²) in [5.41, 5.74) is 9.25. The first kappa shape index (κ1) is 19.4. The summed E-state index contributed by atoms with van der Waals surface area (Å²) in [5.74, 6) is 1.77. The van der Waals surface area contributed by atoms with Crippen LogP contribution in [0.15, 0.2) is 29.5 Å². The first-order chi connectivity index (χ1) is 13.8. The van der Waals surface area contributed by atoms with Gasteiger partial charge < -0.3 is 25.5 Å². The Morgan fingerprint density at radius 1 is 1.24 bits per heavy atom. The summed E-state index contributed by atoms with van der Waals surface area (Å²) in [6.07, 6.45) is 1.19. The molecule has 1 aromatic carbocycles. The van der Waals surface area contributed by atoms with E-state index < -0.39 is 5.92 Å². The summed E-state index contributed by atoms with van der Waals surface area (Å²) >= 11 is 5.23. The number of Topliss-reactive ketones (excluding diaryl/α,β-unsaturated/α-hetero) is 1. The number of hydrogen-bond acceptors (Lipinski definition) is 7. The van der Waals surface area contributed by atoms with Gasteiger partial charge in [0.15, 0.2) is 22.1 Å². The highest BCUT2D eigenvalue weighted by molar-refractivity contribution is 7.71. The Labute approximate surface area is 174 Å². The minimum Gasteiger partial charge on any atom is -0.493 e. The molecule has 0 saturated heterocycles. The van der Waals surface area contributed by atoms with Gasteiger partial charge in [0.05, 0.1) is 20.1 Å². The lowest BCUT2D eigenvalue weighted by Crippen LogP contribution is -2.34. The lowest BCUT2D eigenvalue weighted by molar-refractivity contribution is -0.118. The first-order valence-corrected chi connectivity index (χ1v) is 9.80. The molecule has 2 aliphatic rings. The van der Waals surface area contributed by atoms with Gasteiger partial charge in [0.25, 0.3) is 0 Å². The first-order valence-electron chi connectivity index (χ1n) is 9.39. The number of nitrogens with zero attached hydrogens (tertiary/aromatic N) is 1. The van der Waals surface area contributed by atoms with E-state index in [1.165, 1.54) is 0 Å². The number of ketones is 1. The molecule has 152 valence electrons. The van der Waals surface area contributed by atoms with Gasteiger partial charge in [-0.3, -0.25) is 4.79 Å². The van der Waals surface area contributed by atoms with Crippen molar-refractivity contribution in [1.82, 2.24) is 9.97 Å². The topological polar surface area (TPSA) is 102 Å². The number of ether oxygens (including phenoxy) is 2. The summed E-state index contributed by atoms with van der Waals surface area (Å²) in [4.78, 5) is 20.7. The average molecular weight is 413 g/mol. The molecule has 2 heterocycles. The van der Waals surface area contributed by atoms with Crippen molar-refractivity contribution in [3.05, 3.63) is 45.4 Å². The van der Waals surface area contributed by atoms with Crippen molar-refractivity contribution >= 4 is 29.6 Å². The number of nitrogens with two attached hydrogens (primary N) is 1. The van der Waals surface area contributed by atoms with Crippen LogP contribution in [0, 0.1) is 10.2 Å². The van der Waals surface area contributed by atoms with E-state index in [2.05, 4.69) is 29.1 Å². The molecule has 1 atom stereocenters. The molecule has 1 aliphatic heterocycles. The molecule has 4 rings (SSSR count). The van der Waals surface area contributed by atoms with E-state index in [1.807, 2.05) is 18.2 Å². The minimum atomic E-state index is -0.436. The number of rotatable bonds is 3. The second-order valence-electron chi connectivity index (χ2n) is 8.19. The number of H-pyrrole nitrogens is 1. The fraction of sp³-hybridized carbons (Fsp3) is 0.381. The number of carbonyl (C=O) groups excluding carboxylic acids is 1. The Morgan fingerprint density at radius 3 is 2.69 bits per heavy atom. The van der Waals surface area contributed by atoms with Gasteiger partial charge in [0, 0.05) is 28.8 Å². The van der Waals surface area contributed by atoms with E-state index in [4.69, 9.17) is 27.4 Å². The number of nitrogen functional groups attached to an aromatic ring is 1. The number of anilines is 2. The number of aromatic nitrogens is 2. The van der Waals surface area contributed by atoms with Crippen molar-refractivity contribution < 1.29 is 14.3 Å². The van der Waals surface area contributed by atoms with Gasteiger partial charge in [-0.1, -0.05) is 26.0 Å². The average Bonchev–Trinajstić information content (AvgIpc) is 2.64. The number of methoxy groups -OCH3 is 2. The zero-order valence-electron chi connectivity index (χ0n) is 16.9. The largest absolute Gasteiger partial charge is 0.493 e. The third-order valence-electron chi connectivity index (χ3n) is 5.51. The zero-order valence-corrected chi connectivity index (χ0v) is 17.7. The van der Waals surface area contributed by atoms with Crippen LogP contribution < -0.4 is 20.5 Å². The predicted molar refractivity (Wildman–Crippen MR) is 114 cm³/mol. The number of para-hydroxylation sites is 1. The monoisotopic (exact) mass is 412 g/mol. The Hall–Kier alpha value is -2.87. The molecular weight excluding hydrogens is 388 g/mol. The molecule has 1 aliphatic carbocycles. The van der Waals surface area contributed by atoms with Crippen molar-refractivity contribution in [2.24, 2.45) is 5.41 Å². The van der Waals surface area contributed by atoms with Gasteiger partial charge in [-0.15, -0.1) is 0 Å². The lowest BCUT2D eigenvalue weighted by atomic mass is 9.69. The van der Waals surface area contributed by atoms with Gasteiger partial charge in [-0.25, -0.2) is 4.98 Å². The summed E-state index contributed by atoms with van der Waals surface area (Å²) < 4.78 is 11.5. The van der Waals surface area contributed by atoms with E-state index in [0.717, 1.165) is 17.7 Å². The highest BCUT2D eigenvalue weighted by Crippen LogP contribution is 2.52. The van der Waals surface area contributed by atoms with E-state index in [0.29, 0.717) is 40.7 Å². The van der Waals surface area contributed by atoms with Crippen LogP contribution in [0.25, 0.3) is 0 Å². The number of benzene rings is 1. The number of nitrogens with one attached hydrogen (secondary N) is 2. The third kappa shape index (κ3) is 3.17. The van der Waals surface area contributed by atoms with E-state index >= 15 is 0 Å². The van der Waals surface area contributed by atoms with Crippen LogP contribution in [-0.2, 0) is 4.79 Å². The second kappa shape index (κ2) is 6.88. The van der Waals surface area contributed by atoms with Gasteiger partial charge in [0.1, 0.15) is 11.6 Å². The lowest BCUT2D eigenvalue weighted by Gasteiger charge is -2.39. The summed E-state index contributed by atoms with van der Waals surface area (Å²) in [5, 5.41) is 3.34. The van der Waals surface area contributed by atoms with Crippen LogP contribution >= 0.6 is 12.2 Å². The molecule has 29 heavy (non-hydrogen) atoms. The molecule has 0 saturated carbocycles. The Morgan fingerprint density at radius 2 is 2.00 bits per heavy atom. The predicted octanol–water partition coefficient (Wildman–Crippen LogP) is 3.94. The summed E-state index contributed by atoms with van der Waals surface area (Å²) in [6, 6.07) is 5.63. The van der Waals surface area contributed by atoms with Crippen molar-refractivity contribution in [2.45, 2.75) is 32.6 Å². The molecule has 1 unspecified atom stereocenters. The SMILES string of the molecule is COc1cccc(C2C3=C(CC(C)(C)CC3=O)Nc3nc(=S)[nH]c(N)c32)c1OC. The smallest absolute Gasteiger partial charge is 0.200 e. The molecule has 0 radical (unpaired) electrons. The van der Waals surface area contributed by atoms with Gasteiger partial charge in [0.2, 0.25) is 0 Å². The standard InChI is InChI=1S/C21H24N4O3S/c1-21(2)8-11-15(12(26)9-21)14(10-6-5-7-13(27-3)17(10)28-4)16-18(22)24-20(29)25-19(16)23-11/h5-7,14H,8-9H2,1-4H3,(H4,22,23,24,25,29). The number of hydrogen-bond donors (Lipinski definition) is 3. The Bertz CT molecular complexity index is 1100. The van der Waals surface area contributed by atoms with Gasteiger partial charge in [-0.05, 0) is 30.1 Å². The van der Waals surface area contributed by atoms with Crippen LogP contribution in [0.5, 0.6) is 11.5 Å². The maximum Gasteiger partial charge on any atom is 0.200 e. The van der Waals surface area contributed by atoms with Crippen LogP contribution in [0.1, 0.15) is 43.7 Å². The molecule has 0 fully saturated rings. The van der Waals surface area contributed by atoms with Gasteiger partial charge >= 0.3 is 0 Å². The molecule has 2 aromatic rings. The van der Waals surface area contributed by atoms with E-state index in [1.54, 1.807) is 14.2 Å². The maximum atomic E-state index is 13.3. The molecule has 0 bridgehead atoms. The number of carbonyl (C=O) groups is 1. The highest BCUT2D eigenvalue weighted by Gasteiger charge is 2.43. The second-order valence-corrected chi connectivity index (χ2v) is 8.58. The van der Waals surface area contributed by atoms with Crippen LogP contribution in [0.2, 0.25) is 0 Å². The van der Waals surface area contributed by atoms with E-state index in [9.17, 15) is 4.79 Å². The fourth-order valence-corrected chi connectivity index (χ4v) is 4.61.